The maximum absolute atomic E-state index is 12.0. The zero-order chi connectivity index (χ0) is 24.0. The molecular formula is C29H34N4O2. The number of fused-ring (bicyclic) bond motifs is 2. The van der Waals surface area contributed by atoms with Crippen molar-refractivity contribution in [3.8, 4) is 0 Å². The molecule has 182 valence electrons. The summed E-state index contributed by atoms with van der Waals surface area (Å²) in [4.78, 5) is 23.9. The van der Waals surface area contributed by atoms with Crippen LogP contribution in [0.25, 0.3) is 0 Å². The zero-order valence-electron chi connectivity index (χ0n) is 20.5. The second-order valence-electron chi connectivity index (χ2n) is 9.19. The number of ether oxygens (including phenoxy) is 1. The molecule has 0 spiro atoms. The molecular weight excluding hydrogens is 436 g/mol. The molecule has 35 heavy (non-hydrogen) atoms. The highest BCUT2D eigenvalue weighted by Crippen LogP contribution is 2.35. The number of carbonyl (C=O) groups excluding carboxylic acids is 1. The average Bonchev–Trinajstić information content (AvgIpc) is 3.06. The number of aryl methyl sites for hydroxylation is 2. The van der Waals surface area contributed by atoms with Gasteiger partial charge in [0.05, 0.1) is 6.61 Å². The van der Waals surface area contributed by atoms with Crippen molar-refractivity contribution in [1.29, 1.82) is 0 Å². The van der Waals surface area contributed by atoms with Crippen molar-refractivity contribution < 1.29 is 9.53 Å². The quantitative estimate of drug-likeness (QED) is 0.466. The molecule has 6 nitrogen and oxygen atoms in total. The van der Waals surface area contributed by atoms with Crippen molar-refractivity contribution in [3.05, 3.63) is 83.6 Å². The highest BCUT2D eigenvalue weighted by molar-refractivity contribution is 5.87. The highest BCUT2D eigenvalue weighted by Gasteiger charge is 2.22. The molecule has 0 atom stereocenters. The first-order valence-corrected chi connectivity index (χ1v) is 12.8. The van der Waals surface area contributed by atoms with E-state index in [1.807, 2.05) is 19.1 Å². The Morgan fingerprint density at radius 1 is 0.829 bits per heavy atom. The van der Waals surface area contributed by atoms with Gasteiger partial charge in [0.1, 0.15) is 5.82 Å². The Balaban J connectivity index is 1.18. The number of rotatable bonds is 7. The summed E-state index contributed by atoms with van der Waals surface area (Å²) >= 11 is 0. The zero-order valence-corrected chi connectivity index (χ0v) is 20.5. The molecule has 0 N–H and O–H groups in total. The lowest BCUT2D eigenvalue weighted by Gasteiger charge is -2.36. The van der Waals surface area contributed by atoms with E-state index in [4.69, 9.17) is 4.74 Å². The van der Waals surface area contributed by atoms with E-state index in [-0.39, 0.29) is 5.97 Å². The van der Waals surface area contributed by atoms with Gasteiger partial charge in [-0.25, -0.2) is 9.78 Å². The van der Waals surface area contributed by atoms with Crippen LogP contribution in [0.15, 0.2) is 66.7 Å². The molecule has 2 aliphatic rings. The normalized spacial score (nSPS) is 15.8. The van der Waals surface area contributed by atoms with Crippen LogP contribution in [0.5, 0.6) is 0 Å². The summed E-state index contributed by atoms with van der Waals surface area (Å²) < 4.78 is 5.10. The van der Waals surface area contributed by atoms with Gasteiger partial charge in [-0.2, -0.15) is 0 Å². The number of piperazine rings is 1. The molecule has 0 radical (unpaired) electrons. The van der Waals surface area contributed by atoms with Crippen molar-refractivity contribution in [2.45, 2.75) is 26.2 Å². The van der Waals surface area contributed by atoms with Gasteiger partial charge in [0, 0.05) is 44.1 Å². The fourth-order valence-electron chi connectivity index (χ4n) is 5.18. The summed E-state index contributed by atoms with van der Waals surface area (Å²) in [5, 5.41) is 0. The van der Waals surface area contributed by atoms with Gasteiger partial charge in [-0.05, 0) is 68.1 Å². The van der Waals surface area contributed by atoms with Crippen LogP contribution in [-0.2, 0) is 17.6 Å². The number of pyridine rings is 1. The van der Waals surface area contributed by atoms with E-state index in [1.165, 1.54) is 22.5 Å². The molecule has 0 saturated carbocycles. The largest absolute Gasteiger partial charge is 0.461 e. The van der Waals surface area contributed by atoms with Gasteiger partial charge >= 0.3 is 5.97 Å². The minimum atomic E-state index is -0.357. The number of nitrogens with zero attached hydrogens (tertiary/aromatic N) is 4. The van der Waals surface area contributed by atoms with Gasteiger partial charge in [0.25, 0.3) is 0 Å². The van der Waals surface area contributed by atoms with E-state index in [0.717, 1.165) is 64.3 Å². The van der Waals surface area contributed by atoms with Gasteiger partial charge in [0.2, 0.25) is 0 Å². The molecule has 1 aromatic heterocycles. The monoisotopic (exact) mass is 470 g/mol. The lowest BCUT2D eigenvalue weighted by atomic mass is 10.0. The number of carbonyl (C=O) groups is 1. The predicted molar refractivity (Wildman–Crippen MR) is 141 cm³/mol. The summed E-state index contributed by atoms with van der Waals surface area (Å²) in [5.41, 5.74) is 5.97. The van der Waals surface area contributed by atoms with Crippen molar-refractivity contribution >= 4 is 23.2 Å². The van der Waals surface area contributed by atoms with Crippen LogP contribution in [0.1, 0.15) is 35.0 Å². The van der Waals surface area contributed by atoms with Crippen molar-refractivity contribution in [1.82, 2.24) is 9.88 Å². The third-order valence-corrected chi connectivity index (χ3v) is 7.00. The smallest absolute Gasteiger partial charge is 0.356 e. The van der Waals surface area contributed by atoms with Crippen molar-refractivity contribution in [2.24, 2.45) is 0 Å². The standard InChI is InChI=1S/C29H34N4O2/c1-2-35-29(34)25-11-7-14-28(30-25)32-21-19-31(20-22-32)17-8-18-33-26-12-5-3-9-23(26)15-16-24-10-4-6-13-27(24)33/h3-7,9-14H,2,8,15-22H2,1H3. The molecule has 0 amide bonds. The van der Waals surface area contributed by atoms with Crippen LogP contribution < -0.4 is 9.80 Å². The fraction of sp³-hybridized carbons (Fsp3) is 0.379. The maximum Gasteiger partial charge on any atom is 0.356 e. The second kappa shape index (κ2) is 10.9. The number of esters is 1. The van der Waals surface area contributed by atoms with Gasteiger partial charge in [-0.1, -0.05) is 42.5 Å². The molecule has 3 heterocycles. The Bertz CT molecular complexity index is 1110. The van der Waals surface area contributed by atoms with E-state index >= 15 is 0 Å². The van der Waals surface area contributed by atoms with E-state index in [2.05, 4.69) is 68.2 Å². The first kappa shape index (κ1) is 23.4. The lowest BCUT2D eigenvalue weighted by Crippen LogP contribution is -2.47. The van der Waals surface area contributed by atoms with Crippen molar-refractivity contribution in [3.63, 3.8) is 0 Å². The fourth-order valence-corrected chi connectivity index (χ4v) is 5.18. The van der Waals surface area contributed by atoms with Gasteiger partial charge in [-0.15, -0.1) is 0 Å². The van der Waals surface area contributed by atoms with Crippen LogP contribution >= 0.6 is 0 Å². The van der Waals surface area contributed by atoms with E-state index < -0.39 is 0 Å². The maximum atomic E-state index is 12.0. The Morgan fingerprint density at radius 3 is 2.14 bits per heavy atom. The Kier molecular flexibility index (Phi) is 7.28. The summed E-state index contributed by atoms with van der Waals surface area (Å²) in [6, 6.07) is 23.3. The molecule has 0 bridgehead atoms. The minimum Gasteiger partial charge on any atom is -0.461 e. The SMILES string of the molecule is CCOC(=O)c1cccc(N2CCN(CCCN3c4ccccc4CCc4ccccc43)CC2)n1. The molecule has 6 heteroatoms. The third kappa shape index (κ3) is 5.33. The number of hydrogen-bond donors (Lipinski definition) is 0. The van der Waals surface area contributed by atoms with Crippen LogP contribution in [0.2, 0.25) is 0 Å². The summed E-state index contributed by atoms with van der Waals surface area (Å²) in [5.74, 6) is 0.498. The topological polar surface area (TPSA) is 48.9 Å². The molecule has 2 aliphatic heterocycles. The van der Waals surface area contributed by atoms with Crippen molar-refractivity contribution in [2.75, 3.05) is 55.7 Å². The van der Waals surface area contributed by atoms with E-state index in [9.17, 15) is 4.79 Å². The average molecular weight is 471 g/mol. The highest BCUT2D eigenvalue weighted by atomic mass is 16.5. The Labute approximate surface area is 208 Å². The number of hydrogen-bond acceptors (Lipinski definition) is 6. The molecule has 3 aromatic rings. The van der Waals surface area contributed by atoms with E-state index in [1.54, 1.807) is 6.07 Å². The molecule has 5 rings (SSSR count). The van der Waals surface area contributed by atoms with E-state index in [0.29, 0.717) is 12.3 Å². The van der Waals surface area contributed by atoms with Gasteiger partial charge < -0.3 is 14.5 Å². The molecule has 2 aromatic carbocycles. The second-order valence-corrected chi connectivity index (χ2v) is 9.19. The molecule has 1 saturated heterocycles. The summed E-state index contributed by atoms with van der Waals surface area (Å²) in [6.45, 7) is 8.08. The Hall–Kier alpha value is -3.38. The number of anilines is 3. The predicted octanol–water partition coefficient (Wildman–Crippen LogP) is 4.71. The Morgan fingerprint density at radius 2 is 1.49 bits per heavy atom. The summed E-state index contributed by atoms with van der Waals surface area (Å²) in [6.07, 6.45) is 3.30. The number of benzene rings is 2. The van der Waals surface area contributed by atoms with Gasteiger partial charge in [-0.3, -0.25) is 4.90 Å². The first-order chi connectivity index (χ1) is 17.2. The molecule has 0 unspecified atom stereocenters. The van der Waals surface area contributed by atoms with Gasteiger partial charge in [0.15, 0.2) is 5.69 Å². The number of aromatic nitrogens is 1. The van der Waals surface area contributed by atoms with Crippen LogP contribution in [0, 0.1) is 0 Å². The van der Waals surface area contributed by atoms with Crippen LogP contribution in [-0.4, -0.2) is 61.7 Å². The lowest BCUT2D eigenvalue weighted by molar-refractivity contribution is 0.0519. The third-order valence-electron chi connectivity index (χ3n) is 7.00. The molecule has 1 fully saturated rings. The first-order valence-electron chi connectivity index (χ1n) is 12.8. The van der Waals surface area contributed by atoms with Crippen LogP contribution in [0.3, 0.4) is 0 Å². The molecule has 0 aliphatic carbocycles. The van der Waals surface area contributed by atoms with Crippen LogP contribution in [0.4, 0.5) is 17.2 Å². The summed E-state index contributed by atoms with van der Waals surface area (Å²) in [7, 11) is 0. The number of para-hydroxylation sites is 2. The minimum absolute atomic E-state index is 0.357.